The Morgan fingerprint density at radius 1 is 1.11 bits per heavy atom. The standard InChI is InChI=1S/C21H27N3O2S/c1-17(2)15-24-20-8-4-3-7-19(20)21(27(24,25)26)9-12-23(13-10-21)16-18-6-5-11-22-14-18/h3-8,11,14,17H,9-10,12-13,15-16H2,1-2H3. The van der Waals surface area contributed by atoms with E-state index in [2.05, 4.69) is 29.8 Å². The number of sulfonamides is 1. The van der Waals surface area contributed by atoms with Crippen molar-refractivity contribution in [2.45, 2.75) is 38.0 Å². The van der Waals surface area contributed by atoms with Gasteiger partial charge in [0.15, 0.2) is 0 Å². The second-order valence-electron chi connectivity index (χ2n) is 8.08. The van der Waals surface area contributed by atoms with Gasteiger partial charge < -0.3 is 0 Å². The van der Waals surface area contributed by atoms with Crippen LogP contribution in [0.2, 0.25) is 0 Å². The molecule has 0 bridgehead atoms. The van der Waals surface area contributed by atoms with Crippen molar-refractivity contribution in [2.75, 3.05) is 23.9 Å². The van der Waals surface area contributed by atoms with Gasteiger partial charge in [0, 0.05) is 38.6 Å². The molecule has 1 fully saturated rings. The van der Waals surface area contributed by atoms with Crippen LogP contribution in [0.25, 0.3) is 0 Å². The maximum absolute atomic E-state index is 13.6. The number of rotatable bonds is 4. The Morgan fingerprint density at radius 2 is 1.85 bits per heavy atom. The van der Waals surface area contributed by atoms with Crippen LogP contribution < -0.4 is 4.31 Å². The van der Waals surface area contributed by atoms with E-state index in [1.165, 1.54) is 5.56 Å². The molecule has 1 saturated heterocycles. The number of benzene rings is 1. The van der Waals surface area contributed by atoms with E-state index < -0.39 is 14.8 Å². The second-order valence-corrected chi connectivity index (χ2v) is 10.3. The Morgan fingerprint density at radius 3 is 2.52 bits per heavy atom. The third-order valence-electron chi connectivity index (χ3n) is 5.77. The minimum absolute atomic E-state index is 0.286. The van der Waals surface area contributed by atoms with Gasteiger partial charge in [-0.2, -0.15) is 0 Å². The summed E-state index contributed by atoms with van der Waals surface area (Å²) in [4.78, 5) is 6.52. The molecule has 0 radical (unpaired) electrons. The number of fused-ring (bicyclic) bond motifs is 2. The molecule has 5 nitrogen and oxygen atoms in total. The van der Waals surface area contributed by atoms with E-state index in [0.29, 0.717) is 19.4 Å². The van der Waals surface area contributed by atoms with Crippen LogP contribution >= 0.6 is 0 Å². The van der Waals surface area contributed by atoms with Crippen molar-refractivity contribution in [3.8, 4) is 0 Å². The van der Waals surface area contributed by atoms with E-state index in [1.807, 2.05) is 36.5 Å². The third kappa shape index (κ3) is 3.05. The van der Waals surface area contributed by atoms with Crippen LogP contribution in [0.5, 0.6) is 0 Å². The van der Waals surface area contributed by atoms with Gasteiger partial charge in [-0.1, -0.05) is 38.1 Å². The number of pyridine rings is 1. The van der Waals surface area contributed by atoms with E-state index in [-0.39, 0.29) is 5.92 Å². The first-order chi connectivity index (χ1) is 12.9. The van der Waals surface area contributed by atoms with Crippen molar-refractivity contribution >= 4 is 15.7 Å². The quantitative estimate of drug-likeness (QED) is 0.810. The van der Waals surface area contributed by atoms with Crippen LogP contribution in [0, 0.1) is 5.92 Å². The minimum Gasteiger partial charge on any atom is -0.299 e. The Hall–Kier alpha value is -1.92. The van der Waals surface area contributed by atoms with Gasteiger partial charge in [-0.05, 0) is 42.0 Å². The molecule has 0 N–H and O–H groups in total. The Bertz CT molecular complexity index is 904. The summed E-state index contributed by atoms with van der Waals surface area (Å²) in [7, 11) is -3.41. The van der Waals surface area contributed by atoms with Crippen LogP contribution in [0.1, 0.15) is 37.8 Å². The number of anilines is 1. The maximum atomic E-state index is 13.6. The zero-order valence-corrected chi connectivity index (χ0v) is 16.8. The molecule has 6 heteroatoms. The minimum atomic E-state index is -3.41. The summed E-state index contributed by atoms with van der Waals surface area (Å²) < 4.78 is 28.1. The van der Waals surface area contributed by atoms with Crippen molar-refractivity contribution in [2.24, 2.45) is 5.92 Å². The van der Waals surface area contributed by atoms with Gasteiger partial charge in [0.1, 0.15) is 4.75 Å². The highest BCUT2D eigenvalue weighted by Gasteiger charge is 2.56. The molecule has 1 aromatic heterocycles. The van der Waals surface area contributed by atoms with E-state index in [0.717, 1.165) is 30.9 Å². The van der Waals surface area contributed by atoms with Crippen LogP contribution in [0.15, 0.2) is 48.8 Å². The first-order valence-electron chi connectivity index (χ1n) is 9.67. The van der Waals surface area contributed by atoms with Crippen molar-refractivity contribution in [1.29, 1.82) is 0 Å². The Balaban J connectivity index is 1.61. The van der Waals surface area contributed by atoms with Crippen molar-refractivity contribution < 1.29 is 8.42 Å². The lowest BCUT2D eigenvalue weighted by Gasteiger charge is -2.39. The van der Waals surface area contributed by atoms with Crippen molar-refractivity contribution in [1.82, 2.24) is 9.88 Å². The summed E-state index contributed by atoms with van der Waals surface area (Å²) in [5.41, 5.74) is 3.04. The zero-order chi connectivity index (χ0) is 19.1. The van der Waals surface area contributed by atoms with Gasteiger partial charge in [-0.25, -0.2) is 8.42 Å². The molecule has 3 heterocycles. The maximum Gasteiger partial charge on any atom is 0.245 e. The summed E-state index contributed by atoms with van der Waals surface area (Å²) in [6, 6.07) is 11.9. The summed E-state index contributed by atoms with van der Waals surface area (Å²) in [5, 5.41) is 0. The van der Waals surface area contributed by atoms with Gasteiger partial charge in [-0.15, -0.1) is 0 Å². The number of nitrogens with zero attached hydrogens (tertiary/aromatic N) is 3. The summed E-state index contributed by atoms with van der Waals surface area (Å²) in [5.74, 6) is 0.286. The number of aromatic nitrogens is 1. The lowest BCUT2D eigenvalue weighted by atomic mass is 9.87. The molecule has 0 aliphatic carbocycles. The summed E-state index contributed by atoms with van der Waals surface area (Å²) in [6.07, 6.45) is 4.94. The number of hydrogen-bond acceptors (Lipinski definition) is 4. The van der Waals surface area contributed by atoms with Gasteiger partial charge in [0.25, 0.3) is 0 Å². The van der Waals surface area contributed by atoms with Gasteiger partial charge >= 0.3 is 0 Å². The molecular formula is C21H27N3O2S. The average Bonchev–Trinajstić information content (AvgIpc) is 2.83. The van der Waals surface area contributed by atoms with E-state index >= 15 is 0 Å². The number of hydrogen-bond donors (Lipinski definition) is 0. The number of likely N-dealkylation sites (tertiary alicyclic amines) is 1. The van der Waals surface area contributed by atoms with Crippen LogP contribution in [0.3, 0.4) is 0 Å². The van der Waals surface area contributed by atoms with Gasteiger partial charge in [0.05, 0.1) is 5.69 Å². The monoisotopic (exact) mass is 385 g/mol. The van der Waals surface area contributed by atoms with E-state index in [1.54, 1.807) is 10.5 Å². The molecule has 0 atom stereocenters. The molecule has 0 saturated carbocycles. The van der Waals surface area contributed by atoms with Crippen molar-refractivity contribution in [3.05, 3.63) is 59.9 Å². The molecule has 1 aromatic carbocycles. The molecule has 144 valence electrons. The highest BCUT2D eigenvalue weighted by atomic mass is 32.2. The normalized spacial score (nSPS) is 20.9. The molecule has 0 amide bonds. The first-order valence-corrected chi connectivity index (χ1v) is 11.1. The lowest BCUT2D eigenvalue weighted by molar-refractivity contribution is 0.189. The van der Waals surface area contributed by atoms with Crippen LogP contribution in [-0.2, 0) is 21.3 Å². The average molecular weight is 386 g/mol. The van der Waals surface area contributed by atoms with Crippen LogP contribution in [-0.4, -0.2) is 37.9 Å². The van der Waals surface area contributed by atoms with E-state index in [4.69, 9.17) is 0 Å². The molecular weight excluding hydrogens is 358 g/mol. The molecule has 1 spiro atoms. The highest BCUT2D eigenvalue weighted by Crippen LogP contribution is 2.52. The predicted octanol–water partition coefficient (Wildman–Crippen LogP) is 3.38. The van der Waals surface area contributed by atoms with E-state index in [9.17, 15) is 8.42 Å². The Labute approximate surface area is 162 Å². The predicted molar refractivity (Wildman–Crippen MR) is 108 cm³/mol. The molecule has 27 heavy (non-hydrogen) atoms. The molecule has 4 rings (SSSR count). The second kappa shape index (κ2) is 6.91. The SMILES string of the molecule is CC(C)CN1c2ccccc2C2(CCN(Cc3cccnc3)CC2)S1(=O)=O. The Kier molecular flexibility index (Phi) is 4.72. The topological polar surface area (TPSA) is 53.5 Å². The number of piperidine rings is 1. The van der Waals surface area contributed by atoms with Gasteiger partial charge in [0.2, 0.25) is 10.0 Å². The summed E-state index contributed by atoms with van der Waals surface area (Å²) in [6.45, 7) is 7.05. The number of para-hydroxylation sites is 1. The molecule has 0 unspecified atom stereocenters. The smallest absolute Gasteiger partial charge is 0.245 e. The zero-order valence-electron chi connectivity index (χ0n) is 16.0. The van der Waals surface area contributed by atoms with Gasteiger partial charge in [-0.3, -0.25) is 14.2 Å². The molecule has 2 aliphatic rings. The van der Waals surface area contributed by atoms with Crippen molar-refractivity contribution in [3.63, 3.8) is 0 Å². The fourth-order valence-electron chi connectivity index (χ4n) is 4.43. The lowest BCUT2D eigenvalue weighted by Crippen LogP contribution is -2.48. The fourth-order valence-corrected chi connectivity index (χ4v) is 6.92. The fraction of sp³-hybridized carbons (Fsp3) is 0.476. The first kappa shape index (κ1) is 18.4. The highest BCUT2D eigenvalue weighted by molar-refractivity contribution is 7.94. The summed E-state index contributed by atoms with van der Waals surface area (Å²) >= 11 is 0. The largest absolute Gasteiger partial charge is 0.299 e. The third-order valence-corrected chi connectivity index (χ3v) is 8.31. The molecule has 2 aliphatic heterocycles. The molecule has 2 aromatic rings. The van der Waals surface area contributed by atoms with Crippen LogP contribution in [0.4, 0.5) is 5.69 Å².